The van der Waals surface area contributed by atoms with Crippen molar-refractivity contribution >= 4 is 33.9 Å². The molecule has 0 radical (unpaired) electrons. The third-order valence-corrected chi connectivity index (χ3v) is 4.38. The van der Waals surface area contributed by atoms with Crippen LogP contribution >= 0.6 is 23.1 Å². The lowest BCUT2D eigenvalue weighted by atomic mass is 10.1. The summed E-state index contributed by atoms with van der Waals surface area (Å²) in [6, 6.07) is 8.62. The van der Waals surface area contributed by atoms with Gasteiger partial charge >= 0.3 is 0 Å². The maximum absolute atomic E-state index is 4.29. The molecule has 0 fully saturated rings. The van der Waals surface area contributed by atoms with Crippen molar-refractivity contribution in [3.05, 3.63) is 58.8 Å². The number of rotatable bonds is 4. The van der Waals surface area contributed by atoms with Gasteiger partial charge in [-0.15, -0.1) is 11.3 Å². The van der Waals surface area contributed by atoms with Crippen molar-refractivity contribution in [2.45, 2.75) is 11.5 Å². The second kappa shape index (κ2) is 5.50. The molecular formula is C14H12N2S2. The fourth-order valence-electron chi connectivity index (χ4n) is 1.80. The minimum atomic E-state index is 0.984. The van der Waals surface area contributed by atoms with E-state index < -0.39 is 0 Å². The van der Waals surface area contributed by atoms with Crippen molar-refractivity contribution in [2.75, 3.05) is 0 Å². The molecule has 0 amide bonds. The Bertz CT molecular complexity index is 635. The fraction of sp³-hybridized carbons (Fsp3) is 0.143. The highest BCUT2D eigenvalue weighted by atomic mass is 32.2. The van der Waals surface area contributed by atoms with E-state index in [1.54, 1.807) is 11.3 Å². The Morgan fingerprint density at radius 2 is 2.11 bits per heavy atom. The molecule has 2 heterocycles. The van der Waals surface area contributed by atoms with Crippen LogP contribution in [0.2, 0.25) is 0 Å². The molecule has 0 aliphatic carbocycles. The molecule has 1 aromatic carbocycles. The maximum atomic E-state index is 4.29. The highest BCUT2D eigenvalue weighted by molar-refractivity contribution is 7.97. The first-order valence-electron chi connectivity index (χ1n) is 5.69. The van der Waals surface area contributed by atoms with Gasteiger partial charge in [0.05, 0.1) is 11.2 Å². The molecule has 0 saturated carbocycles. The average Bonchev–Trinajstić information content (AvgIpc) is 2.92. The summed E-state index contributed by atoms with van der Waals surface area (Å²) in [5, 5.41) is 4.57. The van der Waals surface area contributed by atoms with Crippen LogP contribution in [0.15, 0.2) is 47.5 Å². The van der Waals surface area contributed by atoms with E-state index in [0.29, 0.717) is 0 Å². The van der Waals surface area contributed by atoms with Crippen molar-refractivity contribution in [3.8, 4) is 0 Å². The maximum Gasteiger partial charge on any atom is 0.0795 e. The molecule has 0 bridgehead atoms. The molecule has 0 spiro atoms. The van der Waals surface area contributed by atoms with Gasteiger partial charge in [-0.1, -0.05) is 18.2 Å². The normalized spacial score (nSPS) is 10.9. The molecule has 0 aliphatic rings. The molecule has 0 aliphatic heterocycles. The monoisotopic (exact) mass is 272 g/mol. The average molecular weight is 272 g/mol. The number of fused-ring (bicyclic) bond motifs is 1. The lowest BCUT2D eigenvalue weighted by Crippen LogP contribution is -1.84. The van der Waals surface area contributed by atoms with Gasteiger partial charge in [0.1, 0.15) is 0 Å². The number of benzene rings is 1. The fourth-order valence-corrected chi connectivity index (χ4v) is 3.35. The highest BCUT2D eigenvalue weighted by Crippen LogP contribution is 2.21. The predicted molar refractivity (Wildman–Crippen MR) is 78.9 cm³/mol. The molecule has 0 atom stereocenters. The predicted octanol–water partition coefficient (Wildman–Crippen LogP) is 4.12. The molecule has 3 rings (SSSR count). The third-order valence-electron chi connectivity index (χ3n) is 2.71. The Labute approximate surface area is 114 Å². The van der Waals surface area contributed by atoms with E-state index in [2.05, 4.69) is 39.6 Å². The van der Waals surface area contributed by atoms with Gasteiger partial charge < -0.3 is 0 Å². The lowest BCUT2D eigenvalue weighted by molar-refractivity contribution is 1.23. The third kappa shape index (κ3) is 2.71. The molecule has 0 saturated heterocycles. The summed E-state index contributed by atoms with van der Waals surface area (Å²) in [6.45, 7) is 0. The van der Waals surface area contributed by atoms with Crippen LogP contribution in [0.25, 0.3) is 10.8 Å². The Hall–Kier alpha value is -1.39. The van der Waals surface area contributed by atoms with E-state index >= 15 is 0 Å². The van der Waals surface area contributed by atoms with Gasteiger partial charge in [-0.25, -0.2) is 4.98 Å². The van der Waals surface area contributed by atoms with Crippen LogP contribution in [0, 0.1) is 0 Å². The van der Waals surface area contributed by atoms with Gasteiger partial charge in [0.15, 0.2) is 0 Å². The van der Waals surface area contributed by atoms with Gasteiger partial charge in [0.2, 0.25) is 0 Å². The van der Waals surface area contributed by atoms with Crippen LogP contribution in [0.3, 0.4) is 0 Å². The van der Waals surface area contributed by atoms with E-state index in [4.69, 9.17) is 0 Å². The largest absolute Gasteiger partial charge is 0.264 e. The number of hydrogen-bond donors (Lipinski definition) is 0. The Morgan fingerprint density at radius 1 is 1.11 bits per heavy atom. The van der Waals surface area contributed by atoms with E-state index in [0.717, 1.165) is 11.5 Å². The van der Waals surface area contributed by atoms with Crippen LogP contribution in [0.5, 0.6) is 0 Å². The molecule has 90 valence electrons. The number of hydrogen-bond acceptors (Lipinski definition) is 4. The summed E-state index contributed by atoms with van der Waals surface area (Å²) in [4.78, 5) is 8.41. The van der Waals surface area contributed by atoms with Gasteiger partial charge in [0.25, 0.3) is 0 Å². The van der Waals surface area contributed by atoms with Gasteiger partial charge in [-0.05, 0) is 17.0 Å². The quantitative estimate of drug-likeness (QED) is 0.714. The van der Waals surface area contributed by atoms with Crippen LogP contribution < -0.4 is 0 Å². The zero-order valence-corrected chi connectivity index (χ0v) is 11.4. The molecule has 2 aromatic heterocycles. The van der Waals surface area contributed by atoms with E-state index in [1.807, 2.05) is 29.7 Å². The number of pyridine rings is 1. The minimum absolute atomic E-state index is 0.984. The number of aromatic nitrogens is 2. The minimum Gasteiger partial charge on any atom is -0.264 e. The van der Waals surface area contributed by atoms with Crippen molar-refractivity contribution in [1.82, 2.24) is 9.97 Å². The van der Waals surface area contributed by atoms with Gasteiger partial charge in [-0.2, -0.15) is 11.8 Å². The number of thioether (sulfide) groups is 1. The van der Waals surface area contributed by atoms with E-state index in [1.165, 1.54) is 22.0 Å². The van der Waals surface area contributed by atoms with Crippen LogP contribution in [-0.2, 0) is 11.5 Å². The van der Waals surface area contributed by atoms with Crippen LogP contribution in [0.1, 0.15) is 11.3 Å². The Balaban J connectivity index is 1.67. The number of nitrogens with zero attached hydrogens (tertiary/aromatic N) is 2. The molecule has 0 unspecified atom stereocenters. The summed E-state index contributed by atoms with van der Waals surface area (Å²) in [5.74, 6) is 2.01. The van der Waals surface area contributed by atoms with Crippen molar-refractivity contribution in [1.29, 1.82) is 0 Å². The molecule has 3 aromatic rings. The molecule has 18 heavy (non-hydrogen) atoms. The van der Waals surface area contributed by atoms with Gasteiger partial charge in [0, 0.05) is 34.7 Å². The van der Waals surface area contributed by atoms with Crippen LogP contribution in [0.4, 0.5) is 0 Å². The van der Waals surface area contributed by atoms with Crippen molar-refractivity contribution in [3.63, 3.8) is 0 Å². The van der Waals surface area contributed by atoms with Crippen LogP contribution in [-0.4, -0.2) is 9.97 Å². The summed E-state index contributed by atoms with van der Waals surface area (Å²) in [6.07, 6.45) is 3.75. The van der Waals surface area contributed by atoms with E-state index in [9.17, 15) is 0 Å². The molecule has 0 N–H and O–H groups in total. The first-order chi connectivity index (χ1) is 8.92. The zero-order valence-electron chi connectivity index (χ0n) is 9.74. The van der Waals surface area contributed by atoms with Gasteiger partial charge in [-0.3, -0.25) is 4.98 Å². The smallest absolute Gasteiger partial charge is 0.0795 e. The SMILES string of the molecule is c1cc2cc(CSCc3cscn3)ccc2cn1. The second-order valence-corrected chi connectivity index (χ2v) is 5.73. The molecule has 4 heteroatoms. The summed E-state index contributed by atoms with van der Waals surface area (Å²) >= 11 is 3.56. The van der Waals surface area contributed by atoms with Crippen molar-refractivity contribution < 1.29 is 0 Å². The Kier molecular flexibility index (Phi) is 3.57. The summed E-state index contributed by atoms with van der Waals surface area (Å²) in [7, 11) is 0. The first kappa shape index (κ1) is 11.7. The lowest BCUT2D eigenvalue weighted by Gasteiger charge is -2.03. The highest BCUT2D eigenvalue weighted by Gasteiger charge is 1.99. The second-order valence-electron chi connectivity index (χ2n) is 4.03. The molecule has 2 nitrogen and oxygen atoms in total. The zero-order chi connectivity index (χ0) is 12.2. The van der Waals surface area contributed by atoms with Crippen molar-refractivity contribution in [2.24, 2.45) is 0 Å². The Morgan fingerprint density at radius 3 is 3.00 bits per heavy atom. The number of thiazole rings is 1. The van der Waals surface area contributed by atoms with E-state index in [-0.39, 0.29) is 0 Å². The topological polar surface area (TPSA) is 25.8 Å². The standard InChI is InChI=1S/C14H12N2S2/c1-2-13-6-15-4-3-12(13)5-11(1)7-17-8-14-9-18-10-16-14/h1-6,9-10H,7-8H2. The summed E-state index contributed by atoms with van der Waals surface area (Å²) < 4.78 is 0. The molecular weight excluding hydrogens is 260 g/mol. The first-order valence-corrected chi connectivity index (χ1v) is 7.79. The summed E-state index contributed by atoms with van der Waals surface area (Å²) in [5.41, 5.74) is 4.42.